The van der Waals surface area contributed by atoms with E-state index < -0.39 is 0 Å². The van der Waals surface area contributed by atoms with E-state index in [1.807, 2.05) is 0 Å². The van der Waals surface area contributed by atoms with Crippen LogP contribution in [0.5, 0.6) is 0 Å². The van der Waals surface area contributed by atoms with Gasteiger partial charge in [-0.2, -0.15) is 0 Å². The Hall–Kier alpha value is -0.0800. The lowest BCUT2D eigenvalue weighted by atomic mass is 9.68. The van der Waals surface area contributed by atoms with E-state index in [1.54, 1.807) is 0 Å². The molecule has 0 aromatic carbocycles. The Balaban J connectivity index is 2.53. The van der Waals surface area contributed by atoms with Crippen LogP contribution in [0.15, 0.2) is 0 Å². The molecule has 3 atom stereocenters. The fourth-order valence-electron chi connectivity index (χ4n) is 2.56. The molecule has 1 fully saturated rings. The Labute approximate surface area is 100 Å². The standard InChI is InChI=1S/C14H28O2/c1-5-9-16-13-10-11(7-8-12(13)15)14(3,4)6-2/h11-13,15H,5-10H2,1-4H3. The van der Waals surface area contributed by atoms with Gasteiger partial charge in [0, 0.05) is 6.61 Å². The summed E-state index contributed by atoms with van der Waals surface area (Å²) in [5.74, 6) is 0.697. The number of aliphatic hydroxyl groups excluding tert-OH is 1. The van der Waals surface area contributed by atoms with E-state index in [1.165, 1.54) is 6.42 Å². The molecule has 0 heterocycles. The molecule has 2 heteroatoms. The minimum Gasteiger partial charge on any atom is -0.390 e. The molecular weight excluding hydrogens is 200 g/mol. The Kier molecular flexibility index (Phi) is 5.26. The molecule has 0 aromatic heterocycles. The first-order chi connectivity index (χ1) is 7.51. The molecule has 0 aromatic rings. The minimum absolute atomic E-state index is 0.0736. The van der Waals surface area contributed by atoms with E-state index in [4.69, 9.17) is 4.74 Å². The summed E-state index contributed by atoms with van der Waals surface area (Å²) in [7, 11) is 0. The Bertz CT molecular complexity index is 201. The molecule has 0 amide bonds. The lowest BCUT2D eigenvalue weighted by molar-refractivity contribution is -0.0856. The number of rotatable bonds is 5. The highest BCUT2D eigenvalue weighted by molar-refractivity contribution is 4.87. The lowest BCUT2D eigenvalue weighted by Gasteiger charge is -2.41. The van der Waals surface area contributed by atoms with Crippen LogP contribution in [0.25, 0.3) is 0 Å². The van der Waals surface area contributed by atoms with Gasteiger partial charge in [0.1, 0.15) is 0 Å². The molecule has 0 bridgehead atoms. The van der Waals surface area contributed by atoms with E-state index in [-0.39, 0.29) is 12.2 Å². The zero-order chi connectivity index (χ0) is 12.2. The number of hydrogen-bond donors (Lipinski definition) is 1. The first-order valence-electron chi connectivity index (χ1n) is 6.81. The zero-order valence-corrected chi connectivity index (χ0v) is 11.3. The Morgan fingerprint density at radius 1 is 1.25 bits per heavy atom. The van der Waals surface area contributed by atoms with Crippen molar-refractivity contribution in [1.29, 1.82) is 0 Å². The lowest BCUT2D eigenvalue weighted by Crippen LogP contribution is -2.40. The summed E-state index contributed by atoms with van der Waals surface area (Å²) >= 11 is 0. The van der Waals surface area contributed by atoms with E-state index in [9.17, 15) is 5.11 Å². The van der Waals surface area contributed by atoms with Crippen molar-refractivity contribution in [3.63, 3.8) is 0 Å². The largest absolute Gasteiger partial charge is 0.390 e. The van der Waals surface area contributed by atoms with Crippen LogP contribution < -0.4 is 0 Å². The highest BCUT2D eigenvalue weighted by Gasteiger charge is 2.36. The quantitative estimate of drug-likeness (QED) is 0.781. The van der Waals surface area contributed by atoms with Crippen LogP contribution in [-0.2, 0) is 4.74 Å². The topological polar surface area (TPSA) is 29.5 Å². The smallest absolute Gasteiger partial charge is 0.0836 e. The van der Waals surface area contributed by atoms with Gasteiger partial charge in [-0.05, 0) is 37.0 Å². The molecule has 1 N–H and O–H groups in total. The normalized spacial score (nSPS) is 31.7. The fourth-order valence-corrected chi connectivity index (χ4v) is 2.56. The van der Waals surface area contributed by atoms with Crippen molar-refractivity contribution in [3.05, 3.63) is 0 Å². The first kappa shape index (κ1) is 14.0. The summed E-state index contributed by atoms with van der Waals surface area (Å²) in [6.45, 7) is 9.83. The molecule has 3 unspecified atom stereocenters. The van der Waals surface area contributed by atoms with Gasteiger partial charge >= 0.3 is 0 Å². The van der Waals surface area contributed by atoms with Crippen LogP contribution in [0.1, 0.15) is 59.8 Å². The average Bonchev–Trinajstić information content (AvgIpc) is 2.27. The molecule has 0 saturated heterocycles. The van der Waals surface area contributed by atoms with E-state index in [2.05, 4.69) is 27.7 Å². The summed E-state index contributed by atoms with van der Waals surface area (Å²) < 4.78 is 5.76. The predicted octanol–water partition coefficient (Wildman–Crippen LogP) is 3.38. The van der Waals surface area contributed by atoms with Crippen LogP contribution >= 0.6 is 0 Å². The molecule has 1 rings (SSSR count). The van der Waals surface area contributed by atoms with Crippen molar-refractivity contribution < 1.29 is 9.84 Å². The van der Waals surface area contributed by atoms with E-state index >= 15 is 0 Å². The van der Waals surface area contributed by atoms with Crippen LogP contribution in [0.3, 0.4) is 0 Å². The van der Waals surface area contributed by atoms with Gasteiger partial charge in [0.25, 0.3) is 0 Å². The van der Waals surface area contributed by atoms with Crippen molar-refractivity contribution in [2.45, 2.75) is 72.0 Å². The second-order valence-corrected chi connectivity index (χ2v) is 5.83. The molecule has 1 aliphatic carbocycles. The summed E-state index contributed by atoms with van der Waals surface area (Å²) in [5.41, 5.74) is 0.383. The third-order valence-electron chi connectivity index (χ3n) is 4.31. The Morgan fingerprint density at radius 3 is 2.50 bits per heavy atom. The molecule has 1 aliphatic rings. The van der Waals surface area contributed by atoms with Crippen molar-refractivity contribution in [3.8, 4) is 0 Å². The van der Waals surface area contributed by atoms with E-state index in [0.29, 0.717) is 11.3 Å². The van der Waals surface area contributed by atoms with Gasteiger partial charge in [-0.25, -0.2) is 0 Å². The molecule has 16 heavy (non-hydrogen) atoms. The molecule has 2 nitrogen and oxygen atoms in total. The fraction of sp³-hybridized carbons (Fsp3) is 1.00. The van der Waals surface area contributed by atoms with Gasteiger partial charge in [-0.1, -0.05) is 34.1 Å². The monoisotopic (exact) mass is 228 g/mol. The minimum atomic E-state index is -0.240. The van der Waals surface area contributed by atoms with Crippen LogP contribution in [0.4, 0.5) is 0 Å². The zero-order valence-electron chi connectivity index (χ0n) is 11.3. The van der Waals surface area contributed by atoms with Crippen LogP contribution in [0, 0.1) is 11.3 Å². The van der Waals surface area contributed by atoms with Gasteiger partial charge < -0.3 is 9.84 Å². The van der Waals surface area contributed by atoms with Gasteiger partial charge in [-0.3, -0.25) is 0 Å². The van der Waals surface area contributed by atoms with Crippen molar-refractivity contribution in [2.75, 3.05) is 6.61 Å². The summed E-state index contributed by atoms with van der Waals surface area (Å²) in [6, 6.07) is 0. The number of hydrogen-bond acceptors (Lipinski definition) is 2. The number of aliphatic hydroxyl groups is 1. The maximum Gasteiger partial charge on any atom is 0.0836 e. The van der Waals surface area contributed by atoms with Crippen molar-refractivity contribution in [2.24, 2.45) is 11.3 Å². The second kappa shape index (κ2) is 6.02. The number of ether oxygens (including phenoxy) is 1. The molecule has 0 spiro atoms. The first-order valence-corrected chi connectivity index (χ1v) is 6.81. The van der Waals surface area contributed by atoms with Gasteiger partial charge in [0.05, 0.1) is 12.2 Å². The molecular formula is C14H28O2. The van der Waals surface area contributed by atoms with Gasteiger partial charge in [-0.15, -0.1) is 0 Å². The van der Waals surface area contributed by atoms with E-state index in [0.717, 1.165) is 32.3 Å². The third kappa shape index (κ3) is 3.46. The highest BCUT2D eigenvalue weighted by Crippen LogP contribution is 2.41. The molecule has 0 radical (unpaired) electrons. The third-order valence-corrected chi connectivity index (χ3v) is 4.31. The van der Waals surface area contributed by atoms with Gasteiger partial charge in [0.2, 0.25) is 0 Å². The van der Waals surface area contributed by atoms with Crippen LogP contribution in [0.2, 0.25) is 0 Å². The maximum absolute atomic E-state index is 9.93. The van der Waals surface area contributed by atoms with Crippen molar-refractivity contribution in [1.82, 2.24) is 0 Å². The molecule has 1 saturated carbocycles. The van der Waals surface area contributed by atoms with Crippen LogP contribution in [-0.4, -0.2) is 23.9 Å². The Morgan fingerprint density at radius 2 is 1.94 bits per heavy atom. The molecule has 96 valence electrons. The SMILES string of the molecule is CCCOC1CC(C(C)(C)CC)CCC1O. The molecule has 0 aliphatic heterocycles. The highest BCUT2D eigenvalue weighted by atomic mass is 16.5. The van der Waals surface area contributed by atoms with Crippen molar-refractivity contribution >= 4 is 0 Å². The maximum atomic E-state index is 9.93. The second-order valence-electron chi connectivity index (χ2n) is 5.83. The summed E-state index contributed by atoms with van der Waals surface area (Å²) in [4.78, 5) is 0. The average molecular weight is 228 g/mol. The van der Waals surface area contributed by atoms with Gasteiger partial charge in [0.15, 0.2) is 0 Å². The predicted molar refractivity (Wildman–Crippen MR) is 67.5 cm³/mol. The summed E-state index contributed by atoms with van der Waals surface area (Å²) in [5, 5.41) is 9.93. The summed E-state index contributed by atoms with van der Waals surface area (Å²) in [6.07, 6.45) is 5.15.